The van der Waals surface area contributed by atoms with Gasteiger partial charge in [-0.2, -0.15) is 0 Å². The summed E-state index contributed by atoms with van der Waals surface area (Å²) in [5.41, 5.74) is 1.69. The number of carboxylic acid groups (broad SMARTS) is 1. The van der Waals surface area contributed by atoms with Crippen molar-refractivity contribution in [3.8, 4) is 0 Å². The number of amides is 2. The maximum atomic E-state index is 12.3. The second-order valence-corrected chi connectivity index (χ2v) is 5.88. The SMILES string of the molecule is Cc1cc(Br)cc(NC(=O)N2CCOCC2CC(=O)O)c1. The second kappa shape index (κ2) is 6.91. The number of hydrogen-bond donors (Lipinski definition) is 2. The lowest BCUT2D eigenvalue weighted by Crippen LogP contribution is -2.51. The third-order valence-corrected chi connectivity index (χ3v) is 3.65. The third-order valence-electron chi connectivity index (χ3n) is 3.19. The van der Waals surface area contributed by atoms with Gasteiger partial charge in [-0.15, -0.1) is 0 Å². The van der Waals surface area contributed by atoms with Gasteiger partial charge in [-0.1, -0.05) is 15.9 Å². The predicted octanol–water partition coefficient (Wildman–Crippen LogP) is 2.46. The van der Waals surface area contributed by atoms with Crippen LogP contribution < -0.4 is 5.32 Å². The summed E-state index contributed by atoms with van der Waals surface area (Å²) in [5, 5.41) is 11.7. The summed E-state index contributed by atoms with van der Waals surface area (Å²) in [6.07, 6.45) is -0.120. The van der Waals surface area contributed by atoms with E-state index in [0.717, 1.165) is 10.0 Å². The molecule has 1 atom stereocenters. The molecule has 0 bridgehead atoms. The van der Waals surface area contributed by atoms with E-state index in [9.17, 15) is 9.59 Å². The molecule has 0 saturated carbocycles. The Hall–Kier alpha value is -1.60. The van der Waals surface area contributed by atoms with Crippen LogP contribution in [0.1, 0.15) is 12.0 Å². The zero-order chi connectivity index (χ0) is 15.4. The molecule has 1 heterocycles. The molecule has 0 radical (unpaired) electrons. The normalized spacial score (nSPS) is 18.4. The largest absolute Gasteiger partial charge is 0.481 e. The molecule has 2 amide bonds. The average molecular weight is 357 g/mol. The fourth-order valence-corrected chi connectivity index (χ4v) is 2.90. The monoisotopic (exact) mass is 356 g/mol. The quantitative estimate of drug-likeness (QED) is 0.871. The van der Waals surface area contributed by atoms with Gasteiger partial charge in [-0.3, -0.25) is 4.79 Å². The lowest BCUT2D eigenvalue weighted by Gasteiger charge is -2.34. The van der Waals surface area contributed by atoms with E-state index in [4.69, 9.17) is 9.84 Å². The number of hydrogen-bond acceptors (Lipinski definition) is 3. The van der Waals surface area contributed by atoms with Crippen LogP contribution in [0.3, 0.4) is 0 Å². The average Bonchev–Trinajstić information content (AvgIpc) is 2.37. The molecular formula is C14H17BrN2O4. The van der Waals surface area contributed by atoms with Gasteiger partial charge in [-0.25, -0.2) is 4.79 Å². The van der Waals surface area contributed by atoms with Gasteiger partial charge in [0.1, 0.15) is 0 Å². The Labute approximate surface area is 131 Å². The first-order valence-electron chi connectivity index (χ1n) is 6.60. The first kappa shape index (κ1) is 15.8. The van der Waals surface area contributed by atoms with E-state index in [1.54, 1.807) is 6.07 Å². The summed E-state index contributed by atoms with van der Waals surface area (Å²) in [6.45, 7) is 2.98. The molecule has 1 aliphatic heterocycles. The highest BCUT2D eigenvalue weighted by Crippen LogP contribution is 2.20. The summed E-state index contributed by atoms with van der Waals surface area (Å²) < 4.78 is 6.14. The number of carbonyl (C=O) groups is 2. The van der Waals surface area contributed by atoms with Crippen LogP contribution in [0.15, 0.2) is 22.7 Å². The molecule has 0 spiro atoms. The van der Waals surface area contributed by atoms with E-state index in [2.05, 4.69) is 21.2 Å². The number of anilines is 1. The zero-order valence-electron chi connectivity index (χ0n) is 11.6. The standard InChI is InChI=1S/C14H17BrN2O4/c1-9-4-10(15)6-11(5-9)16-14(20)17-2-3-21-8-12(17)7-13(18)19/h4-6,12H,2-3,7-8H2,1H3,(H,16,20)(H,18,19). The van der Waals surface area contributed by atoms with Gasteiger partial charge in [0.15, 0.2) is 0 Å². The van der Waals surface area contributed by atoms with Crippen LogP contribution in [0.2, 0.25) is 0 Å². The lowest BCUT2D eigenvalue weighted by molar-refractivity contribution is -0.139. The number of rotatable bonds is 3. The van der Waals surface area contributed by atoms with Crippen molar-refractivity contribution >= 4 is 33.6 Å². The van der Waals surface area contributed by atoms with Crippen molar-refractivity contribution in [1.82, 2.24) is 4.90 Å². The van der Waals surface area contributed by atoms with E-state index in [1.807, 2.05) is 19.1 Å². The van der Waals surface area contributed by atoms with Crippen LogP contribution in [0, 0.1) is 6.92 Å². The molecule has 1 fully saturated rings. The second-order valence-electron chi connectivity index (χ2n) is 4.97. The fourth-order valence-electron chi connectivity index (χ4n) is 2.30. The molecule has 21 heavy (non-hydrogen) atoms. The highest BCUT2D eigenvalue weighted by molar-refractivity contribution is 9.10. The number of carboxylic acids is 1. The van der Waals surface area contributed by atoms with Crippen molar-refractivity contribution in [2.24, 2.45) is 0 Å². The van der Waals surface area contributed by atoms with Gasteiger partial charge in [0.05, 0.1) is 25.7 Å². The highest BCUT2D eigenvalue weighted by Gasteiger charge is 2.29. The van der Waals surface area contributed by atoms with Crippen molar-refractivity contribution in [2.75, 3.05) is 25.1 Å². The number of benzene rings is 1. The molecule has 1 aromatic carbocycles. The predicted molar refractivity (Wildman–Crippen MR) is 81.5 cm³/mol. The van der Waals surface area contributed by atoms with Crippen molar-refractivity contribution in [2.45, 2.75) is 19.4 Å². The minimum absolute atomic E-state index is 0.120. The molecule has 1 aliphatic rings. The molecule has 7 heteroatoms. The number of aliphatic carboxylic acids is 1. The Morgan fingerprint density at radius 2 is 2.24 bits per heavy atom. The summed E-state index contributed by atoms with van der Waals surface area (Å²) in [7, 11) is 0. The molecule has 1 unspecified atom stereocenters. The number of nitrogens with one attached hydrogen (secondary N) is 1. The number of urea groups is 1. The first-order valence-corrected chi connectivity index (χ1v) is 7.39. The minimum atomic E-state index is -0.943. The van der Waals surface area contributed by atoms with Crippen LogP contribution in [-0.2, 0) is 9.53 Å². The number of aryl methyl sites for hydroxylation is 1. The van der Waals surface area contributed by atoms with Crippen LogP contribution in [0.25, 0.3) is 0 Å². The number of carbonyl (C=O) groups excluding carboxylic acids is 1. The summed E-state index contributed by atoms with van der Waals surface area (Å²) in [5.74, 6) is -0.943. The smallest absolute Gasteiger partial charge is 0.322 e. The van der Waals surface area contributed by atoms with Gasteiger partial charge in [0.25, 0.3) is 0 Å². The van der Waals surface area contributed by atoms with Crippen molar-refractivity contribution in [3.63, 3.8) is 0 Å². The van der Waals surface area contributed by atoms with Gasteiger partial charge >= 0.3 is 12.0 Å². The van der Waals surface area contributed by atoms with E-state index in [0.29, 0.717) is 18.8 Å². The van der Waals surface area contributed by atoms with Gasteiger partial charge in [0, 0.05) is 16.7 Å². The van der Waals surface area contributed by atoms with Crippen molar-refractivity contribution < 1.29 is 19.4 Å². The highest BCUT2D eigenvalue weighted by atomic mass is 79.9. The topological polar surface area (TPSA) is 78.9 Å². The number of nitrogens with zero attached hydrogens (tertiary/aromatic N) is 1. The Morgan fingerprint density at radius 1 is 1.48 bits per heavy atom. The first-order chi connectivity index (χ1) is 9.95. The lowest BCUT2D eigenvalue weighted by atomic mass is 10.1. The molecule has 2 rings (SSSR count). The van der Waals surface area contributed by atoms with Gasteiger partial charge in [-0.05, 0) is 30.7 Å². The maximum absolute atomic E-state index is 12.3. The van der Waals surface area contributed by atoms with E-state index < -0.39 is 12.0 Å². The zero-order valence-corrected chi connectivity index (χ0v) is 13.2. The maximum Gasteiger partial charge on any atom is 0.322 e. The van der Waals surface area contributed by atoms with E-state index >= 15 is 0 Å². The Bertz CT molecular complexity index is 530. The van der Waals surface area contributed by atoms with Gasteiger partial charge in [0.2, 0.25) is 0 Å². The molecule has 1 aromatic rings. The third kappa shape index (κ3) is 4.44. The molecular weight excluding hydrogens is 340 g/mol. The van der Waals surface area contributed by atoms with Gasteiger partial charge < -0.3 is 20.1 Å². The van der Waals surface area contributed by atoms with Crippen LogP contribution in [-0.4, -0.2) is 47.8 Å². The van der Waals surface area contributed by atoms with E-state index in [1.165, 1.54) is 4.90 Å². The van der Waals surface area contributed by atoms with Crippen LogP contribution in [0.4, 0.5) is 10.5 Å². The Balaban J connectivity index is 2.08. The van der Waals surface area contributed by atoms with Crippen LogP contribution >= 0.6 is 15.9 Å². The molecule has 0 aromatic heterocycles. The summed E-state index contributed by atoms with van der Waals surface area (Å²) in [4.78, 5) is 24.7. The Morgan fingerprint density at radius 3 is 2.90 bits per heavy atom. The molecule has 114 valence electrons. The molecule has 2 N–H and O–H groups in total. The minimum Gasteiger partial charge on any atom is -0.481 e. The fraction of sp³-hybridized carbons (Fsp3) is 0.429. The summed E-state index contributed by atoms with van der Waals surface area (Å²) >= 11 is 3.38. The van der Waals surface area contributed by atoms with Crippen molar-refractivity contribution in [3.05, 3.63) is 28.2 Å². The number of ether oxygens (including phenoxy) is 1. The Kier molecular flexibility index (Phi) is 5.19. The van der Waals surface area contributed by atoms with Crippen molar-refractivity contribution in [1.29, 1.82) is 0 Å². The van der Waals surface area contributed by atoms with Crippen LogP contribution in [0.5, 0.6) is 0 Å². The molecule has 0 aliphatic carbocycles. The van der Waals surface area contributed by atoms with E-state index in [-0.39, 0.29) is 19.1 Å². The summed E-state index contributed by atoms with van der Waals surface area (Å²) in [6, 6.07) is 4.86. The molecule has 1 saturated heterocycles. The number of halogens is 1. The number of morpholine rings is 1. The molecule has 6 nitrogen and oxygen atoms in total.